The van der Waals surface area contributed by atoms with Gasteiger partial charge in [0.25, 0.3) is 11.5 Å². The van der Waals surface area contributed by atoms with E-state index in [1.54, 1.807) is 6.07 Å². The molecular weight excluding hydrogens is 573 g/mol. The number of halogens is 3. The Morgan fingerprint density at radius 2 is 1.76 bits per heavy atom. The van der Waals surface area contributed by atoms with Crippen LogP contribution in [0.4, 0.5) is 13.2 Å². The van der Waals surface area contributed by atoms with Crippen LogP contribution in [0.2, 0.25) is 0 Å². The minimum Gasteiger partial charge on any atom is -0.490 e. The van der Waals surface area contributed by atoms with Crippen molar-refractivity contribution in [2.45, 2.75) is 55.9 Å². The number of alkyl halides is 3. The molecule has 2 N–H and O–H groups in total. The minimum absolute atomic E-state index is 0.0299. The van der Waals surface area contributed by atoms with Gasteiger partial charge < -0.3 is 24.2 Å². The highest BCUT2D eigenvalue weighted by atomic mass is 32.2. The summed E-state index contributed by atoms with van der Waals surface area (Å²) >= 11 is 0. The molecule has 1 spiro atoms. The number of rotatable bonds is 6. The second-order valence-electron chi connectivity index (χ2n) is 11.3. The standard InChI is InChI=1S/C30H35F3N2O6S/c1-40-29(30(31,32)33,21-7-3-2-4-8-21)27(37)35-15-13-28(14-16-35)19-26(36)34-20-24(28)23-9-5-6-10-25(23)41-22-11-17-42(38,39)18-12-22/h2-10,17,22,24H,11-16,18-20H2,1H3,(H,34,36)(H,38,39)/t22?,24?,29-/m1/s1. The van der Waals surface area contributed by atoms with Gasteiger partial charge in [-0.3, -0.25) is 9.59 Å². The van der Waals surface area contributed by atoms with Crippen molar-refractivity contribution in [3.8, 4) is 5.75 Å². The first-order chi connectivity index (χ1) is 19.9. The van der Waals surface area contributed by atoms with Crippen LogP contribution in [-0.2, 0) is 29.7 Å². The molecule has 0 aliphatic carbocycles. The largest absolute Gasteiger partial charge is 0.490 e. The average molecular weight is 609 g/mol. The van der Waals surface area contributed by atoms with Crippen LogP contribution < -0.4 is 10.1 Å². The molecule has 2 amide bonds. The zero-order chi connectivity index (χ0) is 30.2. The Kier molecular flexibility index (Phi) is 8.34. The molecule has 0 saturated carbocycles. The number of hydrogen-bond donors (Lipinski definition) is 2. The number of amides is 2. The topological polar surface area (TPSA) is 105 Å². The van der Waals surface area contributed by atoms with E-state index in [0.717, 1.165) is 12.7 Å². The molecule has 42 heavy (non-hydrogen) atoms. The molecular formula is C30H35F3N2O6S. The van der Waals surface area contributed by atoms with Gasteiger partial charge in [-0.15, -0.1) is 0 Å². The Hall–Kier alpha value is -3.09. The molecule has 0 bridgehead atoms. The van der Waals surface area contributed by atoms with Gasteiger partial charge in [0.2, 0.25) is 5.91 Å². The van der Waals surface area contributed by atoms with Gasteiger partial charge in [0.15, 0.2) is 0 Å². The van der Waals surface area contributed by atoms with Gasteiger partial charge in [-0.2, -0.15) is 13.2 Å². The number of methoxy groups -OCH3 is 1. The maximum atomic E-state index is 14.6. The molecule has 0 aromatic heterocycles. The van der Waals surface area contributed by atoms with E-state index in [9.17, 15) is 31.5 Å². The number of carbonyl (C=O) groups is 2. The highest BCUT2D eigenvalue weighted by molar-refractivity contribution is 7.96. The fourth-order valence-electron chi connectivity index (χ4n) is 6.60. The van der Waals surface area contributed by atoms with E-state index in [2.05, 4.69) is 5.32 Å². The molecule has 2 aromatic carbocycles. The van der Waals surface area contributed by atoms with Crippen molar-refractivity contribution in [1.82, 2.24) is 10.2 Å². The number of benzene rings is 2. The average Bonchev–Trinajstić information content (AvgIpc) is 2.96. The summed E-state index contributed by atoms with van der Waals surface area (Å²) in [5, 5.41) is 4.33. The SMILES string of the molecule is CO[C@@](C(=O)N1CCC2(CC1)CC(=O)NCC2c1ccccc1OC1CC=S(=O)(O)CC1)(c1ccccc1)C(F)(F)F. The van der Waals surface area contributed by atoms with Crippen LogP contribution in [0.25, 0.3) is 0 Å². The number of nitrogens with one attached hydrogen (secondary N) is 1. The van der Waals surface area contributed by atoms with Crippen LogP contribution in [-0.4, -0.2) is 75.6 Å². The lowest BCUT2D eigenvalue weighted by Gasteiger charge is -2.50. The van der Waals surface area contributed by atoms with Crippen LogP contribution in [0.5, 0.6) is 5.75 Å². The molecule has 4 atom stereocenters. The second kappa shape index (κ2) is 11.5. The third kappa shape index (κ3) is 5.63. The molecule has 3 aliphatic heterocycles. The van der Waals surface area contributed by atoms with Gasteiger partial charge >= 0.3 is 6.18 Å². The number of likely N-dealkylation sites (tertiary alicyclic amines) is 1. The van der Waals surface area contributed by atoms with Gasteiger partial charge in [-0.1, -0.05) is 48.5 Å². The summed E-state index contributed by atoms with van der Waals surface area (Å²) in [7, 11) is -2.04. The summed E-state index contributed by atoms with van der Waals surface area (Å²) in [6, 6.07) is 14.4. The number of hydrogen-bond acceptors (Lipinski definition) is 5. The van der Waals surface area contributed by atoms with Gasteiger partial charge in [0, 0.05) is 56.8 Å². The first-order valence-corrected chi connectivity index (χ1v) is 15.7. The summed E-state index contributed by atoms with van der Waals surface area (Å²) in [6.07, 6.45) is -3.71. The van der Waals surface area contributed by atoms with Gasteiger partial charge in [-0.05, 0) is 41.7 Å². The lowest BCUT2D eigenvalue weighted by molar-refractivity contribution is -0.271. The van der Waals surface area contributed by atoms with Crippen molar-refractivity contribution in [3.05, 3.63) is 65.7 Å². The van der Waals surface area contributed by atoms with Crippen LogP contribution in [0.1, 0.15) is 49.1 Å². The molecule has 8 nitrogen and oxygen atoms in total. The van der Waals surface area contributed by atoms with Gasteiger partial charge in [-0.25, -0.2) is 4.21 Å². The Bertz CT molecular complexity index is 1430. The van der Waals surface area contributed by atoms with E-state index in [1.807, 2.05) is 24.3 Å². The number of carbonyl (C=O) groups excluding carboxylic acids is 2. The van der Waals surface area contributed by atoms with Gasteiger partial charge in [0.1, 0.15) is 11.9 Å². The Morgan fingerprint density at radius 1 is 1.10 bits per heavy atom. The Labute approximate surface area is 243 Å². The summed E-state index contributed by atoms with van der Waals surface area (Å²) in [5.41, 5.74) is -3.17. The first kappa shape index (κ1) is 30.4. The zero-order valence-corrected chi connectivity index (χ0v) is 24.1. The van der Waals surface area contributed by atoms with Crippen molar-refractivity contribution in [2.24, 2.45) is 5.41 Å². The molecule has 3 unspecified atom stereocenters. The van der Waals surface area contributed by atoms with Crippen molar-refractivity contribution >= 4 is 27.0 Å². The van der Waals surface area contributed by atoms with Gasteiger partial charge in [0.05, 0.1) is 9.80 Å². The number of nitrogens with zero attached hydrogens (tertiary/aromatic N) is 1. The van der Waals surface area contributed by atoms with Crippen molar-refractivity contribution in [1.29, 1.82) is 0 Å². The summed E-state index contributed by atoms with van der Waals surface area (Å²) < 4.78 is 76.8. The van der Waals surface area contributed by atoms with E-state index < -0.39 is 32.9 Å². The van der Waals surface area contributed by atoms with E-state index in [0.29, 0.717) is 38.0 Å². The van der Waals surface area contributed by atoms with Crippen LogP contribution in [0.15, 0.2) is 54.6 Å². The molecule has 12 heteroatoms. The fraction of sp³-hybridized carbons (Fsp3) is 0.500. The third-order valence-electron chi connectivity index (χ3n) is 8.93. The molecule has 228 valence electrons. The summed E-state index contributed by atoms with van der Waals surface area (Å²) in [4.78, 5) is 27.5. The predicted octanol–water partition coefficient (Wildman–Crippen LogP) is 4.10. The van der Waals surface area contributed by atoms with Crippen LogP contribution >= 0.6 is 0 Å². The minimum atomic E-state index is -5.00. The quantitative estimate of drug-likeness (QED) is 0.479. The van der Waals surface area contributed by atoms with Crippen molar-refractivity contribution in [3.63, 3.8) is 0 Å². The lowest BCUT2D eigenvalue weighted by atomic mass is 9.62. The Balaban J connectivity index is 1.40. The lowest BCUT2D eigenvalue weighted by Crippen LogP contribution is -2.60. The normalized spacial score (nSPS) is 27.5. The molecule has 3 heterocycles. The molecule has 5 rings (SSSR count). The van der Waals surface area contributed by atoms with E-state index in [-0.39, 0.29) is 48.8 Å². The predicted molar refractivity (Wildman–Crippen MR) is 152 cm³/mol. The maximum absolute atomic E-state index is 14.6. The number of piperidine rings is 2. The zero-order valence-electron chi connectivity index (χ0n) is 23.3. The van der Waals surface area contributed by atoms with E-state index in [4.69, 9.17) is 9.47 Å². The van der Waals surface area contributed by atoms with Crippen molar-refractivity contribution in [2.75, 3.05) is 32.5 Å². The highest BCUT2D eigenvalue weighted by Gasteiger charge is 2.64. The fourth-order valence-corrected chi connectivity index (χ4v) is 7.89. The van der Waals surface area contributed by atoms with Crippen molar-refractivity contribution < 1.29 is 41.0 Å². The Morgan fingerprint density at radius 3 is 2.38 bits per heavy atom. The summed E-state index contributed by atoms with van der Waals surface area (Å²) in [6.45, 7) is 0.382. The number of ether oxygens (including phenoxy) is 2. The molecule has 2 aromatic rings. The molecule has 0 radical (unpaired) electrons. The first-order valence-electron chi connectivity index (χ1n) is 14.0. The monoisotopic (exact) mass is 608 g/mol. The molecule has 2 fully saturated rings. The van der Waals surface area contributed by atoms with Crippen LogP contribution in [0, 0.1) is 5.41 Å². The van der Waals surface area contributed by atoms with E-state index >= 15 is 0 Å². The second-order valence-corrected chi connectivity index (χ2v) is 13.4. The molecule has 3 aliphatic rings. The highest BCUT2D eigenvalue weighted by Crippen LogP contribution is 2.52. The number of para-hydroxylation sites is 1. The molecule has 2 saturated heterocycles. The third-order valence-corrected chi connectivity index (χ3v) is 10.5. The smallest absolute Gasteiger partial charge is 0.430 e. The maximum Gasteiger partial charge on any atom is 0.430 e. The summed E-state index contributed by atoms with van der Waals surface area (Å²) in [5.74, 6) is -0.789. The van der Waals surface area contributed by atoms with E-state index in [1.165, 1.54) is 34.5 Å². The van der Waals surface area contributed by atoms with Crippen LogP contribution in [0.3, 0.4) is 0 Å².